The second-order valence-electron chi connectivity index (χ2n) is 4.44. The van der Waals surface area contributed by atoms with Gasteiger partial charge in [0.2, 0.25) is 5.24 Å². The van der Waals surface area contributed by atoms with E-state index < -0.39 is 23.0 Å². The van der Waals surface area contributed by atoms with Gasteiger partial charge in [-0.2, -0.15) is 0 Å². The zero-order chi connectivity index (χ0) is 13.7. The Bertz CT molecular complexity index is 448. The fourth-order valence-electron chi connectivity index (χ4n) is 1.56. The van der Waals surface area contributed by atoms with Crippen LogP contribution >= 0.6 is 11.6 Å². The highest BCUT2D eigenvalue weighted by Crippen LogP contribution is 2.11. The summed E-state index contributed by atoms with van der Waals surface area (Å²) in [5, 5.41) is 1.80. The molecule has 0 aromatic heterocycles. The molecule has 0 heterocycles. The third-order valence-corrected chi connectivity index (χ3v) is 2.67. The molecule has 3 nitrogen and oxygen atoms in total. The normalized spacial score (nSPS) is 12.3. The SMILES string of the molecule is CC(C)CC(NC(=O)c1ccccc1F)C(=O)Cl. The number of benzene rings is 1. The maximum atomic E-state index is 13.4. The minimum absolute atomic E-state index is 0.0934. The van der Waals surface area contributed by atoms with E-state index in [2.05, 4.69) is 5.32 Å². The van der Waals surface area contributed by atoms with Crippen LogP contribution in [0.3, 0.4) is 0 Å². The molecule has 0 fully saturated rings. The van der Waals surface area contributed by atoms with Crippen molar-refractivity contribution in [1.29, 1.82) is 0 Å². The van der Waals surface area contributed by atoms with Crippen molar-refractivity contribution < 1.29 is 14.0 Å². The molecule has 0 saturated heterocycles. The van der Waals surface area contributed by atoms with Gasteiger partial charge in [0.25, 0.3) is 5.91 Å². The molecule has 1 N–H and O–H groups in total. The van der Waals surface area contributed by atoms with Crippen molar-refractivity contribution in [3.05, 3.63) is 35.6 Å². The Morgan fingerprint density at radius 3 is 2.44 bits per heavy atom. The van der Waals surface area contributed by atoms with Gasteiger partial charge in [-0.05, 0) is 36.1 Å². The summed E-state index contributed by atoms with van der Waals surface area (Å²) in [6.45, 7) is 3.81. The van der Waals surface area contributed by atoms with Crippen LogP contribution in [-0.2, 0) is 4.79 Å². The molecule has 0 aliphatic rings. The first-order valence-corrected chi connectivity index (χ1v) is 6.04. The lowest BCUT2D eigenvalue weighted by Crippen LogP contribution is -2.40. The number of nitrogens with one attached hydrogen (secondary N) is 1. The van der Waals surface area contributed by atoms with E-state index in [-0.39, 0.29) is 11.5 Å². The molecule has 18 heavy (non-hydrogen) atoms. The van der Waals surface area contributed by atoms with E-state index >= 15 is 0 Å². The van der Waals surface area contributed by atoms with Crippen LogP contribution in [0.15, 0.2) is 24.3 Å². The lowest BCUT2D eigenvalue weighted by Gasteiger charge is -2.16. The van der Waals surface area contributed by atoms with Gasteiger partial charge in [0.05, 0.1) is 5.56 Å². The van der Waals surface area contributed by atoms with Gasteiger partial charge in [-0.15, -0.1) is 0 Å². The van der Waals surface area contributed by atoms with Crippen LogP contribution < -0.4 is 5.32 Å². The highest BCUT2D eigenvalue weighted by Gasteiger charge is 2.21. The lowest BCUT2D eigenvalue weighted by molar-refractivity contribution is -0.113. The van der Waals surface area contributed by atoms with Gasteiger partial charge in [-0.25, -0.2) is 4.39 Å². The molecule has 1 rings (SSSR count). The van der Waals surface area contributed by atoms with E-state index in [4.69, 9.17) is 11.6 Å². The summed E-state index contributed by atoms with van der Waals surface area (Å²) in [5.74, 6) is -1.06. The largest absolute Gasteiger partial charge is 0.341 e. The Balaban J connectivity index is 2.79. The average molecular weight is 272 g/mol. The highest BCUT2D eigenvalue weighted by atomic mass is 35.5. The molecule has 0 radical (unpaired) electrons. The summed E-state index contributed by atoms with van der Waals surface area (Å²) in [5.41, 5.74) is -0.0934. The molecule has 1 unspecified atom stereocenters. The van der Waals surface area contributed by atoms with Gasteiger partial charge in [-0.3, -0.25) is 9.59 Å². The highest BCUT2D eigenvalue weighted by molar-refractivity contribution is 6.64. The predicted octanol–water partition coefficient (Wildman–Crippen LogP) is 2.74. The summed E-state index contributed by atoms with van der Waals surface area (Å²) in [4.78, 5) is 23.0. The van der Waals surface area contributed by atoms with Gasteiger partial charge >= 0.3 is 0 Å². The quantitative estimate of drug-likeness (QED) is 0.837. The number of hydrogen-bond donors (Lipinski definition) is 1. The fourth-order valence-corrected chi connectivity index (χ4v) is 1.70. The minimum atomic E-state index is -0.793. The second-order valence-corrected chi connectivity index (χ2v) is 4.81. The third-order valence-electron chi connectivity index (χ3n) is 2.40. The molecular weight excluding hydrogens is 257 g/mol. The Labute approximate surface area is 110 Å². The molecule has 0 aliphatic carbocycles. The summed E-state index contributed by atoms with van der Waals surface area (Å²) < 4.78 is 13.4. The molecular formula is C13H15ClFNO2. The van der Waals surface area contributed by atoms with Crippen LogP contribution in [0.2, 0.25) is 0 Å². The van der Waals surface area contributed by atoms with Gasteiger partial charge in [0, 0.05) is 0 Å². The zero-order valence-corrected chi connectivity index (χ0v) is 11.0. The first-order chi connectivity index (χ1) is 8.41. The van der Waals surface area contributed by atoms with Crippen LogP contribution in [-0.4, -0.2) is 17.2 Å². The molecule has 1 aromatic carbocycles. The van der Waals surface area contributed by atoms with Crippen LogP contribution in [0.4, 0.5) is 4.39 Å². The van der Waals surface area contributed by atoms with Crippen molar-refractivity contribution in [1.82, 2.24) is 5.32 Å². The van der Waals surface area contributed by atoms with Gasteiger partial charge < -0.3 is 5.32 Å². The number of halogens is 2. The van der Waals surface area contributed by atoms with Crippen LogP contribution in [0.5, 0.6) is 0 Å². The maximum absolute atomic E-state index is 13.4. The Morgan fingerprint density at radius 1 is 1.33 bits per heavy atom. The van der Waals surface area contributed by atoms with E-state index in [0.29, 0.717) is 6.42 Å². The van der Waals surface area contributed by atoms with Crippen LogP contribution in [0, 0.1) is 11.7 Å². The van der Waals surface area contributed by atoms with Crippen molar-refractivity contribution in [2.24, 2.45) is 5.92 Å². The molecule has 1 atom stereocenters. The van der Waals surface area contributed by atoms with E-state index in [1.165, 1.54) is 18.2 Å². The van der Waals surface area contributed by atoms with Crippen molar-refractivity contribution >= 4 is 22.8 Å². The maximum Gasteiger partial charge on any atom is 0.254 e. The second kappa shape index (κ2) is 6.50. The summed E-state index contributed by atoms with van der Waals surface area (Å²) >= 11 is 5.41. The van der Waals surface area contributed by atoms with Crippen molar-refractivity contribution in [2.45, 2.75) is 26.3 Å². The van der Waals surface area contributed by atoms with E-state index in [1.54, 1.807) is 6.07 Å². The molecule has 98 valence electrons. The molecule has 1 amide bonds. The van der Waals surface area contributed by atoms with Gasteiger partial charge in [0.1, 0.15) is 11.9 Å². The van der Waals surface area contributed by atoms with Crippen molar-refractivity contribution in [3.63, 3.8) is 0 Å². The average Bonchev–Trinajstić information content (AvgIpc) is 2.27. The molecule has 0 bridgehead atoms. The summed E-state index contributed by atoms with van der Waals surface area (Å²) in [6.07, 6.45) is 0.419. The molecule has 0 spiro atoms. The predicted molar refractivity (Wildman–Crippen MR) is 68.0 cm³/mol. The Morgan fingerprint density at radius 2 is 1.94 bits per heavy atom. The number of hydrogen-bond acceptors (Lipinski definition) is 2. The lowest BCUT2D eigenvalue weighted by atomic mass is 10.0. The minimum Gasteiger partial charge on any atom is -0.341 e. The number of rotatable bonds is 5. The summed E-state index contributed by atoms with van der Waals surface area (Å²) in [7, 11) is 0. The molecule has 1 aromatic rings. The van der Waals surface area contributed by atoms with Crippen molar-refractivity contribution in [3.8, 4) is 0 Å². The Kier molecular flexibility index (Phi) is 5.28. The van der Waals surface area contributed by atoms with Crippen LogP contribution in [0.25, 0.3) is 0 Å². The monoisotopic (exact) mass is 271 g/mol. The molecule has 5 heteroatoms. The Hall–Kier alpha value is -1.42. The number of amides is 1. The first-order valence-electron chi connectivity index (χ1n) is 5.66. The van der Waals surface area contributed by atoms with Crippen LogP contribution in [0.1, 0.15) is 30.6 Å². The summed E-state index contributed by atoms with van der Waals surface area (Å²) in [6, 6.07) is 4.80. The van der Waals surface area contributed by atoms with Gasteiger partial charge in [-0.1, -0.05) is 26.0 Å². The van der Waals surface area contributed by atoms with E-state index in [1.807, 2.05) is 13.8 Å². The van der Waals surface area contributed by atoms with E-state index in [9.17, 15) is 14.0 Å². The zero-order valence-electron chi connectivity index (χ0n) is 10.2. The number of carbonyl (C=O) groups excluding carboxylic acids is 2. The van der Waals surface area contributed by atoms with Crippen molar-refractivity contribution in [2.75, 3.05) is 0 Å². The molecule has 0 aliphatic heterocycles. The third kappa shape index (κ3) is 4.11. The topological polar surface area (TPSA) is 46.2 Å². The number of carbonyl (C=O) groups is 2. The van der Waals surface area contributed by atoms with E-state index in [0.717, 1.165) is 0 Å². The fraction of sp³-hybridized carbons (Fsp3) is 0.385. The first kappa shape index (κ1) is 14.6. The standard InChI is InChI=1S/C13H15ClFNO2/c1-8(2)7-11(12(14)17)16-13(18)9-5-3-4-6-10(9)15/h3-6,8,11H,7H2,1-2H3,(H,16,18). The van der Waals surface area contributed by atoms with Gasteiger partial charge in [0.15, 0.2) is 0 Å². The molecule has 0 saturated carbocycles. The smallest absolute Gasteiger partial charge is 0.254 e.